The summed E-state index contributed by atoms with van der Waals surface area (Å²) < 4.78 is 9.73. The number of carbonyl (C=O) groups is 4. The molecule has 9 nitrogen and oxygen atoms in total. The lowest BCUT2D eigenvalue weighted by Crippen LogP contribution is -2.56. The summed E-state index contributed by atoms with van der Waals surface area (Å²) in [7, 11) is 1.21. The van der Waals surface area contributed by atoms with Gasteiger partial charge in [-0.2, -0.15) is 11.8 Å². The zero-order chi connectivity index (χ0) is 19.0. The van der Waals surface area contributed by atoms with E-state index < -0.39 is 35.5 Å². The Balaban J connectivity index is 2.54. The van der Waals surface area contributed by atoms with Crippen LogP contribution in [0.15, 0.2) is 0 Å². The predicted octanol–water partition coefficient (Wildman–Crippen LogP) is -0.256. The van der Waals surface area contributed by atoms with Gasteiger partial charge >= 0.3 is 12.1 Å². The van der Waals surface area contributed by atoms with E-state index in [1.807, 2.05) is 0 Å². The number of methoxy groups -OCH3 is 1. The molecule has 0 saturated carbocycles. The first-order valence-corrected chi connectivity index (χ1v) is 8.98. The lowest BCUT2D eigenvalue weighted by Gasteiger charge is -2.35. The van der Waals surface area contributed by atoms with E-state index in [2.05, 4.69) is 15.4 Å². The Morgan fingerprint density at radius 2 is 1.84 bits per heavy atom. The zero-order valence-corrected chi connectivity index (χ0v) is 15.7. The van der Waals surface area contributed by atoms with Crippen LogP contribution in [0.3, 0.4) is 0 Å². The largest absolute Gasteiger partial charge is 0.468 e. The molecule has 3 amide bonds. The van der Waals surface area contributed by atoms with E-state index in [-0.39, 0.29) is 13.1 Å². The van der Waals surface area contributed by atoms with Crippen LogP contribution in [-0.2, 0) is 23.9 Å². The average molecular weight is 375 g/mol. The smallest absolute Gasteiger partial charge is 0.411 e. The van der Waals surface area contributed by atoms with Crippen LogP contribution in [0.25, 0.3) is 0 Å². The predicted molar refractivity (Wildman–Crippen MR) is 92.1 cm³/mol. The van der Waals surface area contributed by atoms with Crippen molar-refractivity contribution in [2.45, 2.75) is 32.4 Å². The molecule has 0 bridgehead atoms. The molecule has 0 aromatic heterocycles. The van der Waals surface area contributed by atoms with Crippen molar-refractivity contribution in [3.8, 4) is 0 Å². The van der Waals surface area contributed by atoms with Crippen molar-refractivity contribution in [2.24, 2.45) is 0 Å². The Kier molecular flexibility index (Phi) is 8.01. The number of ether oxygens (including phenoxy) is 2. The van der Waals surface area contributed by atoms with Crippen LogP contribution >= 0.6 is 11.8 Å². The number of rotatable bonds is 5. The first-order chi connectivity index (χ1) is 11.6. The van der Waals surface area contributed by atoms with Crippen LogP contribution < -0.4 is 10.6 Å². The van der Waals surface area contributed by atoms with Crippen LogP contribution in [0, 0.1) is 0 Å². The highest BCUT2D eigenvalue weighted by Gasteiger charge is 2.35. The Morgan fingerprint density at radius 1 is 1.16 bits per heavy atom. The van der Waals surface area contributed by atoms with E-state index in [1.54, 1.807) is 32.5 Å². The van der Waals surface area contributed by atoms with Gasteiger partial charge < -0.3 is 20.1 Å². The fraction of sp³-hybridized carbons (Fsp3) is 0.733. The third-order valence-corrected chi connectivity index (χ3v) is 4.16. The van der Waals surface area contributed by atoms with Gasteiger partial charge in [-0.3, -0.25) is 19.3 Å². The Morgan fingerprint density at radius 3 is 2.44 bits per heavy atom. The van der Waals surface area contributed by atoms with Crippen molar-refractivity contribution in [3.05, 3.63) is 0 Å². The van der Waals surface area contributed by atoms with Gasteiger partial charge in [0.1, 0.15) is 18.2 Å². The molecule has 0 radical (unpaired) electrons. The molecule has 1 atom stereocenters. The summed E-state index contributed by atoms with van der Waals surface area (Å²) in [4.78, 5) is 48.5. The summed E-state index contributed by atoms with van der Waals surface area (Å²) in [5, 5.41) is 4.79. The highest BCUT2D eigenvalue weighted by atomic mass is 32.2. The van der Waals surface area contributed by atoms with Crippen LogP contribution in [0.5, 0.6) is 0 Å². The minimum Gasteiger partial charge on any atom is -0.468 e. The van der Waals surface area contributed by atoms with Crippen molar-refractivity contribution >= 4 is 35.6 Å². The zero-order valence-electron chi connectivity index (χ0n) is 14.9. The second kappa shape index (κ2) is 9.50. The maximum atomic E-state index is 12.3. The number of hydrogen-bond acceptors (Lipinski definition) is 7. The Hall–Kier alpha value is -1.97. The van der Waals surface area contributed by atoms with E-state index in [1.165, 1.54) is 12.0 Å². The lowest BCUT2D eigenvalue weighted by molar-refractivity contribution is -0.141. The highest BCUT2D eigenvalue weighted by molar-refractivity contribution is 7.99. The molecular weight excluding hydrogens is 350 g/mol. The average Bonchev–Trinajstić information content (AvgIpc) is 2.55. The number of carbonyl (C=O) groups excluding carboxylic acids is 4. The van der Waals surface area contributed by atoms with Gasteiger partial charge in [0.05, 0.1) is 13.7 Å². The van der Waals surface area contributed by atoms with Crippen molar-refractivity contribution in [1.82, 2.24) is 15.5 Å². The number of amides is 3. The van der Waals surface area contributed by atoms with E-state index in [9.17, 15) is 19.2 Å². The Bertz CT molecular complexity index is 520. The van der Waals surface area contributed by atoms with Crippen LogP contribution in [0.4, 0.5) is 4.79 Å². The van der Waals surface area contributed by atoms with Gasteiger partial charge in [-0.15, -0.1) is 0 Å². The molecule has 1 fully saturated rings. The third-order valence-electron chi connectivity index (χ3n) is 3.14. The summed E-state index contributed by atoms with van der Waals surface area (Å²) in [6.45, 7) is 5.10. The SMILES string of the molecule is COC(=O)CNC(=O)CNC(=O)[C@@H]1CSCCN1C(=O)OC(C)(C)C. The number of hydrogen-bond donors (Lipinski definition) is 2. The van der Waals surface area contributed by atoms with Crippen LogP contribution in [0.2, 0.25) is 0 Å². The number of esters is 1. The van der Waals surface area contributed by atoms with Gasteiger partial charge in [0.25, 0.3) is 0 Å². The summed E-state index contributed by atoms with van der Waals surface area (Å²) in [5.74, 6) is -0.408. The van der Waals surface area contributed by atoms with Crippen LogP contribution in [0.1, 0.15) is 20.8 Å². The molecule has 0 spiro atoms. The van der Waals surface area contributed by atoms with E-state index >= 15 is 0 Å². The summed E-state index contributed by atoms with van der Waals surface area (Å²) >= 11 is 1.55. The van der Waals surface area contributed by atoms with Gasteiger partial charge in [-0.25, -0.2) is 4.79 Å². The van der Waals surface area contributed by atoms with Gasteiger partial charge in [-0.05, 0) is 20.8 Å². The number of nitrogens with one attached hydrogen (secondary N) is 2. The standard InChI is InChI=1S/C15H25N3O6S/c1-15(2,3)24-14(22)18-5-6-25-9-10(18)13(21)17-7-11(19)16-8-12(20)23-4/h10H,5-9H2,1-4H3,(H,16,19)(H,17,21)/t10-/m0/s1. The van der Waals surface area contributed by atoms with Gasteiger partial charge in [0, 0.05) is 18.1 Å². The van der Waals surface area contributed by atoms with Crippen molar-refractivity contribution in [1.29, 1.82) is 0 Å². The van der Waals surface area contributed by atoms with Crippen molar-refractivity contribution < 1.29 is 28.7 Å². The molecule has 0 aromatic carbocycles. The van der Waals surface area contributed by atoms with Crippen LogP contribution in [-0.4, -0.2) is 78.7 Å². The van der Waals surface area contributed by atoms with Gasteiger partial charge in [0.15, 0.2) is 0 Å². The van der Waals surface area contributed by atoms with E-state index in [0.29, 0.717) is 18.1 Å². The fourth-order valence-corrected chi connectivity index (χ4v) is 3.00. The topological polar surface area (TPSA) is 114 Å². The molecule has 1 aliphatic rings. The van der Waals surface area contributed by atoms with Crippen molar-refractivity contribution in [2.75, 3.05) is 38.2 Å². The first-order valence-electron chi connectivity index (χ1n) is 7.82. The van der Waals surface area contributed by atoms with Gasteiger partial charge in [0.2, 0.25) is 11.8 Å². The second-order valence-corrected chi connectivity index (χ2v) is 7.48. The highest BCUT2D eigenvalue weighted by Crippen LogP contribution is 2.20. The summed E-state index contributed by atoms with van der Waals surface area (Å²) in [6, 6.07) is -0.706. The molecule has 1 rings (SSSR count). The molecule has 0 unspecified atom stereocenters. The minimum atomic E-state index is -0.706. The quantitative estimate of drug-likeness (QED) is 0.637. The minimum absolute atomic E-state index is 0.269. The molecular formula is C15H25N3O6S. The molecule has 10 heteroatoms. The summed E-state index contributed by atoms with van der Waals surface area (Å²) in [5.41, 5.74) is -0.656. The third kappa shape index (κ3) is 7.63. The molecule has 0 aromatic rings. The first kappa shape index (κ1) is 21.1. The maximum absolute atomic E-state index is 12.3. The van der Waals surface area contributed by atoms with E-state index in [0.717, 1.165) is 0 Å². The maximum Gasteiger partial charge on any atom is 0.411 e. The second-order valence-electron chi connectivity index (χ2n) is 6.34. The monoisotopic (exact) mass is 375 g/mol. The van der Waals surface area contributed by atoms with Crippen molar-refractivity contribution in [3.63, 3.8) is 0 Å². The molecule has 1 heterocycles. The molecule has 2 N–H and O–H groups in total. The molecule has 1 aliphatic heterocycles. The van der Waals surface area contributed by atoms with Gasteiger partial charge in [-0.1, -0.05) is 0 Å². The fourth-order valence-electron chi connectivity index (χ4n) is 1.95. The molecule has 0 aliphatic carbocycles. The number of thioether (sulfide) groups is 1. The molecule has 142 valence electrons. The van der Waals surface area contributed by atoms with E-state index in [4.69, 9.17) is 4.74 Å². The lowest BCUT2D eigenvalue weighted by atomic mass is 10.2. The number of nitrogens with zero attached hydrogens (tertiary/aromatic N) is 1. The summed E-state index contributed by atoms with van der Waals surface area (Å²) in [6.07, 6.45) is -0.553. The molecule has 25 heavy (non-hydrogen) atoms. The normalized spacial score (nSPS) is 17.4. The molecule has 1 saturated heterocycles. The Labute approximate surface area is 151 Å².